The number of hydrogen-bond acceptors (Lipinski definition) is 1. The molecule has 1 aliphatic heterocycles. The van der Waals surface area contributed by atoms with Crippen molar-refractivity contribution in [2.75, 3.05) is 0 Å². The second-order valence-corrected chi connectivity index (χ2v) is 4.55. The van der Waals surface area contributed by atoms with Crippen LogP contribution in [0.5, 0.6) is 0 Å². The van der Waals surface area contributed by atoms with Gasteiger partial charge in [0.05, 0.1) is 0 Å². The molecule has 4 rings (SSSR count). The third-order valence-corrected chi connectivity index (χ3v) is 3.60. The summed E-state index contributed by atoms with van der Waals surface area (Å²) >= 11 is 0. The third-order valence-electron chi connectivity index (χ3n) is 3.60. The summed E-state index contributed by atoms with van der Waals surface area (Å²) < 4.78 is 5.81. The topological polar surface area (TPSA) is 12.5 Å². The van der Waals surface area contributed by atoms with Crippen LogP contribution in [-0.4, -0.2) is 0 Å². The summed E-state index contributed by atoms with van der Waals surface area (Å²) in [5.41, 5.74) is 5.59. The lowest BCUT2D eigenvalue weighted by atomic mass is 10.00. The van der Waals surface area contributed by atoms with E-state index in [2.05, 4.69) is 48.5 Å². The van der Waals surface area contributed by atoms with Gasteiger partial charge < -0.3 is 4.74 Å². The molecule has 2 atom stereocenters. The SMILES string of the molecule is c1ccc2c(c1)Cc1ccccc1[C@H]1O[C@H]21. The van der Waals surface area contributed by atoms with Crippen LogP contribution in [0, 0.1) is 0 Å². The molecule has 0 spiro atoms. The molecule has 2 aromatic carbocycles. The van der Waals surface area contributed by atoms with Crippen LogP contribution in [0.4, 0.5) is 0 Å². The first kappa shape index (κ1) is 8.54. The maximum absolute atomic E-state index is 5.81. The van der Waals surface area contributed by atoms with Crippen molar-refractivity contribution in [3.63, 3.8) is 0 Å². The molecule has 0 amide bonds. The van der Waals surface area contributed by atoms with E-state index in [0.717, 1.165) is 6.42 Å². The molecule has 1 saturated heterocycles. The number of fused-ring (bicyclic) bond motifs is 5. The largest absolute Gasteiger partial charge is 0.359 e. The van der Waals surface area contributed by atoms with Gasteiger partial charge in [-0.2, -0.15) is 0 Å². The van der Waals surface area contributed by atoms with Crippen molar-refractivity contribution in [1.29, 1.82) is 0 Å². The molecule has 1 heteroatoms. The monoisotopic (exact) mass is 208 g/mol. The molecule has 0 aromatic heterocycles. The molecule has 2 aliphatic rings. The molecule has 78 valence electrons. The molecule has 1 nitrogen and oxygen atoms in total. The van der Waals surface area contributed by atoms with Gasteiger partial charge in [-0.1, -0.05) is 48.5 Å². The summed E-state index contributed by atoms with van der Waals surface area (Å²) in [6.45, 7) is 0. The highest BCUT2D eigenvalue weighted by atomic mass is 16.6. The zero-order valence-corrected chi connectivity index (χ0v) is 8.89. The molecule has 16 heavy (non-hydrogen) atoms. The van der Waals surface area contributed by atoms with E-state index in [0.29, 0.717) is 12.2 Å². The van der Waals surface area contributed by atoms with Crippen LogP contribution in [0.3, 0.4) is 0 Å². The molecule has 0 radical (unpaired) electrons. The zero-order chi connectivity index (χ0) is 10.5. The summed E-state index contributed by atoms with van der Waals surface area (Å²) in [4.78, 5) is 0. The Morgan fingerprint density at radius 2 is 1.25 bits per heavy atom. The van der Waals surface area contributed by atoms with Gasteiger partial charge in [0.15, 0.2) is 0 Å². The van der Waals surface area contributed by atoms with Crippen LogP contribution in [0.25, 0.3) is 0 Å². The van der Waals surface area contributed by atoms with E-state index in [1.165, 1.54) is 22.3 Å². The van der Waals surface area contributed by atoms with Crippen LogP contribution < -0.4 is 0 Å². The van der Waals surface area contributed by atoms with Crippen molar-refractivity contribution in [3.05, 3.63) is 70.8 Å². The summed E-state index contributed by atoms with van der Waals surface area (Å²) in [6.07, 6.45) is 1.66. The van der Waals surface area contributed by atoms with Crippen LogP contribution in [-0.2, 0) is 11.2 Å². The number of hydrogen-bond donors (Lipinski definition) is 0. The van der Waals surface area contributed by atoms with E-state index in [-0.39, 0.29) is 0 Å². The second kappa shape index (κ2) is 2.96. The van der Waals surface area contributed by atoms with Gasteiger partial charge in [-0.3, -0.25) is 0 Å². The first-order valence-electron chi connectivity index (χ1n) is 5.74. The number of benzene rings is 2. The smallest absolute Gasteiger partial charge is 0.114 e. The van der Waals surface area contributed by atoms with Crippen LogP contribution in [0.15, 0.2) is 48.5 Å². The predicted molar refractivity (Wildman–Crippen MR) is 62.3 cm³/mol. The summed E-state index contributed by atoms with van der Waals surface area (Å²) in [5.74, 6) is 0. The average Bonchev–Trinajstić information content (AvgIpc) is 3.09. The van der Waals surface area contributed by atoms with Gasteiger partial charge in [-0.15, -0.1) is 0 Å². The van der Waals surface area contributed by atoms with Gasteiger partial charge >= 0.3 is 0 Å². The van der Waals surface area contributed by atoms with E-state index in [9.17, 15) is 0 Å². The van der Waals surface area contributed by atoms with E-state index in [1.54, 1.807) is 0 Å². The Morgan fingerprint density at radius 1 is 0.750 bits per heavy atom. The molecule has 0 N–H and O–H groups in total. The van der Waals surface area contributed by atoms with Crippen molar-refractivity contribution in [2.24, 2.45) is 0 Å². The lowest BCUT2D eigenvalue weighted by molar-refractivity contribution is 0.375. The Bertz CT molecular complexity index is 509. The van der Waals surface area contributed by atoms with Gasteiger partial charge in [0.2, 0.25) is 0 Å². The second-order valence-electron chi connectivity index (χ2n) is 4.55. The molecule has 1 aliphatic carbocycles. The molecule has 0 bridgehead atoms. The zero-order valence-electron chi connectivity index (χ0n) is 8.89. The van der Waals surface area contributed by atoms with Crippen molar-refractivity contribution >= 4 is 0 Å². The maximum Gasteiger partial charge on any atom is 0.114 e. The highest BCUT2D eigenvalue weighted by molar-refractivity contribution is 5.45. The summed E-state index contributed by atoms with van der Waals surface area (Å²) in [5, 5.41) is 0. The Balaban J connectivity index is 1.94. The number of ether oxygens (including phenoxy) is 1. The first-order chi connectivity index (χ1) is 7.93. The molecule has 1 heterocycles. The minimum atomic E-state index is 0.305. The molecular weight excluding hydrogens is 196 g/mol. The van der Waals surface area contributed by atoms with Gasteiger partial charge in [-0.05, 0) is 28.7 Å². The van der Waals surface area contributed by atoms with Gasteiger partial charge in [0.1, 0.15) is 12.2 Å². The van der Waals surface area contributed by atoms with E-state index in [4.69, 9.17) is 4.74 Å². The standard InChI is InChI=1S/C15H12O/c1-3-7-12-10(5-1)9-11-6-2-4-8-13(11)15-14(12)16-15/h1-8,14-15H,9H2/t14-,15-/m1/s1. The van der Waals surface area contributed by atoms with E-state index >= 15 is 0 Å². The van der Waals surface area contributed by atoms with Gasteiger partial charge in [0.25, 0.3) is 0 Å². The highest BCUT2D eigenvalue weighted by Gasteiger charge is 2.45. The molecule has 2 aromatic rings. The van der Waals surface area contributed by atoms with Crippen molar-refractivity contribution in [1.82, 2.24) is 0 Å². The molecule has 0 saturated carbocycles. The summed E-state index contributed by atoms with van der Waals surface area (Å²) in [6, 6.07) is 17.3. The van der Waals surface area contributed by atoms with Gasteiger partial charge in [0, 0.05) is 0 Å². The Hall–Kier alpha value is -1.60. The highest BCUT2D eigenvalue weighted by Crippen LogP contribution is 2.54. The maximum atomic E-state index is 5.81. The molecular formula is C15H12O. The average molecular weight is 208 g/mol. The minimum Gasteiger partial charge on any atom is -0.359 e. The Labute approximate surface area is 94.7 Å². The minimum absolute atomic E-state index is 0.305. The van der Waals surface area contributed by atoms with E-state index < -0.39 is 0 Å². The van der Waals surface area contributed by atoms with Crippen LogP contribution in [0.2, 0.25) is 0 Å². The van der Waals surface area contributed by atoms with Crippen molar-refractivity contribution < 1.29 is 4.74 Å². The van der Waals surface area contributed by atoms with E-state index in [1.807, 2.05) is 0 Å². The fourth-order valence-corrected chi connectivity index (χ4v) is 2.74. The van der Waals surface area contributed by atoms with Gasteiger partial charge in [-0.25, -0.2) is 0 Å². The first-order valence-corrected chi connectivity index (χ1v) is 5.74. The van der Waals surface area contributed by atoms with Crippen molar-refractivity contribution in [3.8, 4) is 0 Å². The normalized spacial score (nSPS) is 25.0. The summed E-state index contributed by atoms with van der Waals surface area (Å²) in [7, 11) is 0. The fourth-order valence-electron chi connectivity index (χ4n) is 2.74. The lowest BCUT2D eigenvalue weighted by Crippen LogP contribution is -1.93. The lowest BCUT2D eigenvalue weighted by Gasteiger charge is -2.07. The number of rotatable bonds is 0. The number of epoxide rings is 1. The van der Waals surface area contributed by atoms with Crippen LogP contribution in [0.1, 0.15) is 34.5 Å². The predicted octanol–water partition coefficient (Wildman–Crippen LogP) is 3.40. The van der Waals surface area contributed by atoms with Crippen LogP contribution >= 0.6 is 0 Å². The molecule has 1 fully saturated rings. The molecule has 0 unspecified atom stereocenters. The third kappa shape index (κ3) is 1.09. The quantitative estimate of drug-likeness (QED) is 0.604. The fraction of sp³-hybridized carbons (Fsp3) is 0.200. The van der Waals surface area contributed by atoms with Crippen molar-refractivity contribution in [2.45, 2.75) is 18.6 Å². The Morgan fingerprint density at radius 3 is 1.81 bits per heavy atom. The Kier molecular flexibility index (Phi) is 1.58.